The highest BCUT2D eigenvalue weighted by Gasteiger charge is 2.25. The van der Waals surface area contributed by atoms with Crippen LogP contribution in [-0.4, -0.2) is 60.0 Å². The molecule has 5 heterocycles. The molecular weight excluding hydrogens is 424 g/mol. The lowest BCUT2D eigenvalue weighted by molar-refractivity contribution is 0.254. The number of fused-ring (bicyclic) bond motifs is 1. The number of hydrogen-bond acceptors (Lipinski definition) is 5. The zero-order chi connectivity index (χ0) is 23.2. The van der Waals surface area contributed by atoms with E-state index in [4.69, 9.17) is 9.97 Å². The van der Waals surface area contributed by atoms with Crippen molar-refractivity contribution in [3.63, 3.8) is 0 Å². The van der Waals surface area contributed by atoms with Crippen molar-refractivity contribution in [1.82, 2.24) is 39.8 Å². The van der Waals surface area contributed by atoms with Gasteiger partial charge in [-0.25, -0.2) is 4.98 Å². The minimum Gasteiger partial charge on any atom is -0.336 e. The van der Waals surface area contributed by atoms with Crippen molar-refractivity contribution in [2.75, 3.05) is 20.1 Å². The van der Waals surface area contributed by atoms with Crippen LogP contribution in [-0.2, 0) is 0 Å². The molecule has 0 amide bonds. The molecule has 1 aliphatic heterocycles. The summed E-state index contributed by atoms with van der Waals surface area (Å²) >= 11 is 0. The molecule has 2 aliphatic rings. The summed E-state index contributed by atoms with van der Waals surface area (Å²) in [4.78, 5) is 15.6. The molecule has 8 nitrogen and oxygen atoms in total. The summed E-state index contributed by atoms with van der Waals surface area (Å²) in [5.74, 6) is 1.18. The van der Waals surface area contributed by atoms with Crippen molar-refractivity contribution >= 4 is 28.8 Å². The molecule has 4 aromatic rings. The molecule has 174 valence electrons. The van der Waals surface area contributed by atoms with Gasteiger partial charge in [-0.15, -0.1) is 0 Å². The third kappa shape index (κ3) is 3.77. The van der Waals surface area contributed by atoms with Gasteiger partial charge in [0.1, 0.15) is 11.2 Å². The largest absolute Gasteiger partial charge is 0.336 e. The highest BCUT2D eigenvalue weighted by Crippen LogP contribution is 2.34. The number of piperidine rings is 1. The molecule has 1 saturated carbocycles. The second-order valence-electron chi connectivity index (χ2n) is 9.55. The smallest absolute Gasteiger partial charge is 0.159 e. The zero-order valence-corrected chi connectivity index (χ0v) is 19.8. The quantitative estimate of drug-likeness (QED) is 0.484. The second-order valence-corrected chi connectivity index (χ2v) is 9.55. The Morgan fingerprint density at radius 3 is 2.79 bits per heavy atom. The minimum absolute atomic E-state index is 0.434. The van der Waals surface area contributed by atoms with Gasteiger partial charge in [-0.2, -0.15) is 10.2 Å². The lowest BCUT2D eigenvalue weighted by Crippen LogP contribution is -2.29. The third-order valence-corrected chi connectivity index (χ3v) is 7.09. The molecule has 8 heteroatoms. The van der Waals surface area contributed by atoms with Crippen LogP contribution in [0.15, 0.2) is 31.2 Å². The number of imidazole rings is 1. The summed E-state index contributed by atoms with van der Waals surface area (Å²) in [6.07, 6.45) is 14.6. The van der Waals surface area contributed by atoms with E-state index in [1.807, 2.05) is 36.1 Å². The van der Waals surface area contributed by atoms with Crippen molar-refractivity contribution in [3.05, 3.63) is 53.1 Å². The Balaban J connectivity index is 1.40. The number of aromatic amines is 2. The summed E-state index contributed by atoms with van der Waals surface area (Å²) in [7, 11) is 2.18. The monoisotopic (exact) mass is 454 g/mol. The first-order valence-corrected chi connectivity index (χ1v) is 12.1. The summed E-state index contributed by atoms with van der Waals surface area (Å²) in [6.45, 7) is 8.50. The van der Waals surface area contributed by atoms with Crippen molar-refractivity contribution in [1.29, 1.82) is 0 Å². The fraction of sp³-hybridized carbons (Fsp3) is 0.385. The number of allylic oxidation sites excluding steroid dienone is 1. The Bertz CT molecular complexity index is 1470. The molecule has 0 spiro atoms. The van der Waals surface area contributed by atoms with Gasteiger partial charge in [-0.1, -0.05) is 12.7 Å². The van der Waals surface area contributed by atoms with E-state index in [1.54, 1.807) is 0 Å². The Morgan fingerprint density at radius 1 is 1.21 bits per heavy atom. The molecule has 1 saturated heterocycles. The van der Waals surface area contributed by atoms with Gasteiger partial charge < -0.3 is 9.88 Å². The van der Waals surface area contributed by atoms with Crippen LogP contribution in [0.1, 0.15) is 55.8 Å². The number of hydrogen-bond donors (Lipinski definition) is 2. The SMILES string of the molecule is C=C(/C=c1/c(-c2nc3c(C4CCN(C)CC4)nccc3[nH]2)n[nH]/c1=C/C)c1cnn(C2CC2)c1. The maximum atomic E-state index is 5.01. The number of H-pyrrole nitrogens is 2. The van der Waals surface area contributed by atoms with Crippen LogP contribution in [0.4, 0.5) is 0 Å². The standard InChI is InChI=1S/C26H30N8/c1-4-21-20(13-16(2)18-14-28-34(15-18)19-5-6-19)24(32-31-21)26-29-22-7-10-27-23(25(22)30-26)17-8-11-33(3)12-9-17/h4,7,10,13-15,17,19,31H,2,5-6,8-9,11-12H2,1,3H3,(H,29,30)/b20-13+,21-4+. The summed E-state index contributed by atoms with van der Waals surface area (Å²) in [5, 5.41) is 14.2. The topological polar surface area (TPSA) is 91.3 Å². The molecule has 0 atom stereocenters. The van der Waals surface area contributed by atoms with Crippen molar-refractivity contribution in [2.45, 2.75) is 44.6 Å². The molecule has 2 fully saturated rings. The maximum Gasteiger partial charge on any atom is 0.159 e. The number of rotatable bonds is 5. The highest BCUT2D eigenvalue weighted by atomic mass is 15.3. The van der Waals surface area contributed by atoms with E-state index in [9.17, 15) is 0 Å². The summed E-state index contributed by atoms with van der Waals surface area (Å²) in [6, 6.07) is 2.55. The molecule has 0 unspecified atom stereocenters. The number of pyridine rings is 1. The Labute approximate surface area is 198 Å². The van der Waals surface area contributed by atoms with Crippen LogP contribution in [0.2, 0.25) is 0 Å². The van der Waals surface area contributed by atoms with Crippen molar-refractivity contribution in [2.24, 2.45) is 0 Å². The van der Waals surface area contributed by atoms with Gasteiger partial charge in [0.15, 0.2) is 5.82 Å². The first-order chi connectivity index (χ1) is 16.6. The molecule has 34 heavy (non-hydrogen) atoms. The molecule has 6 rings (SSSR count). The van der Waals surface area contributed by atoms with Crippen LogP contribution < -0.4 is 10.6 Å². The van der Waals surface area contributed by atoms with Gasteiger partial charge in [0.25, 0.3) is 0 Å². The highest BCUT2D eigenvalue weighted by molar-refractivity contribution is 5.88. The number of nitrogens with one attached hydrogen (secondary N) is 2. The van der Waals surface area contributed by atoms with Crippen LogP contribution in [0, 0.1) is 0 Å². The number of aromatic nitrogens is 7. The molecule has 4 aromatic heterocycles. The van der Waals surface area contributed by atoms with Crippen molar-refractivity contribution in [3.8, 4) is 11.5 Å². The fourth-order valence-corrected chi connectivity index (χ4v) is 4.86. The fourth-order valence-electron chi connectivity index (χ4n) is 4.86. The van der Waals surface area contributed by atoms with Crippen molar-refractivity contribution < 1.29 is 0 Å². The molecular formula is C26H30N8. The lowest BCUT2D eigenvalue weighted by Gasteiger charge is -2.28. The predicted octanol–water partition coefficient (Wildman–Crippen LogP) is 2.98. The molecule has 0 aromatic carbocycles. The van der Waals surface area contributed by atoms with Gasteiger partial charge in [0.05, 0.1) is 28.8 Å². The number of likely N-dealkylation sites (tertiary alicyclic amines) is 1. The van der Waals surface area contributed by atoms with Gasteiger partial charge in [0.2, 0.25) is 0 Å². The third-order valence-electron chi connectivity index (χ3n) is 7.09. The normalized spacial score (nSPS) is 18.9. The van der Waals surface area contributed by atoms with E-state index in [1.165, 1.54) is 12.8 Å². The molecule has 1 aliphatic carbocycles. The van der Waals surface area contributed by atoms with E-state index >= 15 is 0 Å². The van der Waals surface area contributed by atoms with E-state index in [-0.39, 0.29) is 0 Å². The van der Waals surface area contributed by atoms with Gasteiger partial charge in [-0.05, 0) is 70.5 Å². The Hall–Kier alpha value is -3.52. The average molecular weight is 455 g/mol. The molecule has 0 bridgehead atoms. The predicted molar refractivity (Wildman–Crippen MR) is 134 cm³/mol. The van der Waals surface area contributed by atoms with E-state index < -0.39 is 0 Å². The lowest BCUT2D eigenvalue weighted by atomic mass is 9.92. The van der Waals surface area contributed by atoms with Gasteiger partial charge in [0, 0.05) is 29.1 Å². The van der Waals surface area contributed by atoms with Gasteiger partial charge in [-0.3, -0.25) is 14.8 Å². The maximum absolute atomic E-state index is 5.01. The van der Waals surface area contributed by atoms with Crippen LogP contribution in [0.5, 0.6) is 0 Å². The number of nitrogens with zero attached hydrogens (tertiary/aromatic N) is 6. The molecule has 0 radical (unpaired) electrons. The Morgan fingerprint density at radius 2 is 2.03 bits per heavy atom. The van der Waals surface area contributed by atoms with Crippen LogP contribution >= 0.6 is 0 Å². The van der Waals surface area contributed by atoms with E-state index in [2.05, 4.69) is 51.1 Å². The van der Waals surface area contributed by atoms with E-state index in [0.29, 0.717) is 12.0 Å². The van der Waals surface area contributed by atoms with E-state index in [0.717, 1.165) is 75.9 Å². The molecule has 2 N–H and O–H groups in total. The summed E-state index contributed by atoms with van der Waals surface area (Å²) < 4.78 is 2.05. The Kier molecular flexibility index (Phi) is 5.17. The first kappa shape index (κ1) is 21.0. The average Bonchev–Trinajstić information content (AvgIpc) is 3.24. The zero-order valence-electron chi connectivity index (χ0n) is 19.8. The summed E-state index contributed by atoms with van der Waals surface area (Å²) in [5.41, 5.74) is 5.76. The second kappa shape index (κ2) is 8.36. The van der Waals surface area contributed by atoms with Gasteiger partial charge >= 0.3 is 0 Å². The van der Waals surface area contributed by atoms with Crippen LogP contribution in [0.25, 0.3) is 40.3 Å². The minimum atomic E-state index is 0.434. The first-order valence-electron chi connectivity index (χ1n) is 12.1. The van der Waals surface area contributed by atoms with Crippen LogP contribution in [0.3, 0.4) is 0 Å².